The highest BCUT2D eigenvalue weighted by Gasteiger charge is 1.94. The zero-order chi connectivity index (χ0) is 11.6. The Bertz CT molecular complexity index is 272. The van der Waals surface area contributed by atoms with Gasteiger partial charge in [-0.2, -0.15) is 0 Å². The van der Waals surface area contributed by atoms with Gasteiger partial charge in [-0.15, -0.1) is 0 Å². The Morgan fingerprint density at radius 2 is 1.81 bits per heavy atom. The molecule has 0 aliphatic carbocycles. The molecule has 0 aromatic heterocycles. The van der Waals surface area contributed by atoms with Gasteiger partial charge in [0, 0.05) is 18.8 Å². The molecule has 0 heterocycles. The van der Waals surface area contributed by atoms with E-state index in [1.165, 1.54) is 5.56 Å². The lowest BCUT2D eigenvalue weighted by Crippen LogP contribution is -2.03. The number of hydrogen-bond donors (Lipinski definition) is 3. The van der Waals surface area contributed by atoms with E-state index in [-0.39, 0.29) is 6.61 Å². The Hall–Kier alpha value is -1.06. The molecule has 0 saturated heterocycles. The van der Waals surface area contributed by atoms with Crippen LogP contribution in [0.2, 0.25) is 0 Å². The SMILES string of the molecule is NCCCc1ccc(NCCCCO)cc1. The van der Waals surface area contributed by atoms with Crippen molar-refractivity contribution in [3.8, 4) is 0 Å². The number of aryl methyl sites for hydroxylation is 1. The second-order valence-electron chi connectivity index (χ2n) is 3.95. The van der Waals surface area contributed by atoms with E-state index >= 15 is 0 Å². The summed E-state index contributed by atoms with van der Waals surface area (Å²) < 4.78 is 0. The summed E-state index contributed by atoms with van der Waals surface area (Å²) in [4.78, 5) is 0. The van der Waals surface area contributed by atoms with Crippen LogP contribution in [0.1, 0.15) is 24.8 Å². The number of hydrogen-bond acceptors (Lipinski definition) is 3. The predicted molar refractivity (Wildman–Crippen MR) is 68.6 cm³/mol. The van der Waals surface area contributed by atoms with Gasteiger partial charge in [0.15, 0.2) is 0 Å². The highest BCUT2D eigenvalue weighted by atomic mass is 16.2. The summed E-state index contributed by atoms with van der Waals surface area (Å²) in [6.07, 6.45) is 3.97. The van der Waals surface area contributed by atoms with Gasteiger partial charge >= 0.3 is 0 Å². The minimum absolute atomic E-state index is 0.277. The first kappa shape index (κ1) is 13.0. The van der Waals surface area contributed by atoms with Gasteiger partial charge in [0.25, 0.3) is 0 Å². The van der Waals surface area contributed by atoms with Crippen LogP contribution in [0.5, 0.6) is 0 Å². The van der Waals surface area contributed by atoms with Crippen molar-refractivity contribution in [3.05, 3.63) is 29.8 Å². The van der Waals surface area contributed by atoms with Crippen LogP contribution in [0.3, 0.4) is 0 Å². The summed E-state index contributed by atoms with van der Waals surface area (Å²) >= 11 is 0. The van der Waals surface area contributed by atoms with E-state index < -0.39 is 0 Å². The van der Waals surface area contributed by atoms with Crippen LogP contribution in [0.4, 0.5) is 5.69 Å². The molecule has 3 nitrogen and oxygen atoms in total. The third kappa shape index (κ3) is 5.14. The van der Waals surface area contributed by atoms with Crippen LogP contribution < -0.4 is 11.1 Å². The van der Waals surface area contributed by atoms with Crippen LogP contribution >= 0.6 is 0 Å². The number of nitrogens with one attached hydrogen (secondary N) is 1. The summed E-state index contributed by atoms with van der Waals surface area (Å²) in [7, 11) is 0. The normalized spacial score (nSPS) is 10.4. The van der Waals surface area contributed by atoms with Crippen molar-refractivity contribution in [2.24, 2.45) is 5.73 Å². The van der Waals surface area contributed by atoms with Gasteiger partial charge in [-0.3, -0.25) is 0 Å². The Labute approximate surface area is 97.7 Å². The van der Waals surface area contributed by atoms with Gasteiger partial charge in [-0.1, -0.05) is 12.1 Å². The molecular weight excluding hydrogens is 200 g/mol. The van der Waals surface area contributed by atoms with Crippen molar-refractivity contribution in [1.29, 1.82) is 0 Å². The number of nitrogens with two attached hydrogens (primary N) is 1. The summed E-state index contributed by atoms with van der Waals surface area (Å²) in [5.74, 6) is 0. The second kappa shape index (κ2) is 8.13. The molecule has 1 aromatic carbocycles. The number of aliphatic hydroxyl groups is 1. The molecule has 0 bridgehead atoms. The molecular formula is C13H22N2O. The van der Waals surface area contributed by atoms with Gasteiger partial charge in [0.2, 0.25) is 0 Å². The average Bonchev–Trinajstić information content (AvgIpc) is 2.33. The summed E-state index contributed by atoms with van der Waals surface area (Å²) in [5, 5.41) is 12.0. The quantitative estimate of drug-likeness (QED) is 0.587. The fraction of sp³-hybridized carbons (Fsp3) is 0.538. The van der Waals surface area contributed by atoms with E-state index in [0.29, 0.717) is 0 Å². The van der Waals surface area contributed by atoms with Crippen LogP contribution in [0.15, 0.2) is 24.3 Å². The molecule has 0 amide bonds. The Balaban J connectivity index is 2.27. The lowest BCUT2D eigenvalue weighted by molar-refractivity contribution is 0.286. The lowest BCUT2D eigenvalue weighted by atomic mass is 10.1. The Kier molecular flexibility index (Phi) is 6.61. The molecule has 0 aliphatic heterocycles. The first-order chi connectivity index (χ1) is 7.86. The van der Waals surface area contributed by atoms with E-state index in [9.17, 15) is 0 Å². The average molecular weight is 222 g/mol. The van der Waals surface area contributed by atoms with E-state index in [1.54, 1.807) is 0 Å². The van der Waals surface area contributed by atoms with Crippen LogP contribution in [-0.4, -0.2) is 24.8 Å². The molecule has 1 aromatic rings. The molecule has 0 fully saturated rings. The van der Waals surface area contributed by atoms with E-state index in [4.69, 9.17) is 10.8 Å². The number of aliphatic hydroxyl groups excluding tert-OH is 1. The molecule has 0 unspecified atom stereocenters. The summed E-state index contributed by atoms with van der Waals surface area (Å²) in [5.41, 5.74) is 7.95. The standard InChI is InChI=1S/C13H22N2O/c14-9-3-4-12-5-7-13(8-6-12)15-10-1-2-11-16/h5-8,15-16H,1-4,9-11,14H2. The molecule has 0 aliphatic rings. The highest BCUT2D eigenvalue weighted by Crippen LogP contribution is 2.10. The molecule has 0 spiro atoms. The smallest absolute Gasteiger partial charge is 0.0431 e. The minimum Gasteiger partial charge on any atom is -0.396 e. The van der Waals surface area contributed by atoms with Crippen molar-refractivity contribution in [3.63, 3.8) is 0 Å². The Morgan fingerprint density at radius 3 is 2.44 bits per heavy atom. The fourth-order valence-electron chi connectivity index (χ4n) is 1.56. The van der Waals surface area contributed by atoms with Crippen molar-refractivity contribution in [2.75, 3.05) is 25.0 Å². The molecule has 4 N–H and O–H groups in total. The zero-order valence-electron chi connectivity index (χ0n) is 9.78. The fourth-order valence-corrected chi connectivity index (χ4v) is 1.56. The maximum atomic E-state index is 8.64. The first-order valence-corrected chi connectivity index (χ1v) is 6.00. The number of anilines is 1. The molecule has 0 saturated carbocycles. The van der Waals surface area contributed by atoms with Gasteiger partial charge in [-0.05, 0) is 49.9 Å². The van der Waals surface area contributed by atoms with Crippen molar-refractivity contribution < 1.29 is 5.11 Å². The van der Waals surface area contributed by atoms with Crippen molar-refractivity contribution in [2.45, 2.75) is 25.7 Å². The molecule has 3 heteroatoms. The Morgan fingerprint density at radius 1 is 1.06 bits per heavy atom. The molecule has 0 atom stereocenters. The topological polar surface area (TPSA) is 58.3 Å². The molecule has 90 valence electrons. The monoisotopic (exact) mass is 222 g/mol. The van der Waals surface area contributed by atoms with Crippen LogP contribution in [-0.2, 0) is 6.42 Å². The third-order valence-corrected chi connectivity index (χ3v) is 2.54. The molecule has 16 heavy (non-hydrogen) atoms. The van der Waals surface area contributed by atoms with Crippen molar-refractivity contribution >= 4 is 5.69 Å². The van der Waals surface area contributed by atoms with Crippen LogP contribution in [0, 0.1) is 0 Å². The van der Waals surface area contributed by atoms with Gasteiger partial charge < -0.3 is 16.2 Å². The minimum atomic E-state index is 0.277. The van der Waals surface area contributed by atoms with E-state index in [1.807, 2.05) is 0 Å². The molecule has 1 rings (SSSR count). The van der Waals surface area contributed by atoms with Gasteiger partial charge in [0.1, 0.15) is 0 Å². The maximum absolute atomic E-state index is 8.64. The largest absolute Gasteiger partial charge is 0.396 e. The number of rotatable bonds is 8. The predicted octanol–water partition coefficient (Wildman–Crippen LogP) is 1.76. The summed E-state index contributed by atoms with van der Waals surface area (Å²) in [6.45, 7) is 1.95. The van der Waals surface area contributed by atoms with E-state index in [2.05, 4.69) is 29.6 Å². The lowest BCUT2D eigenvalue weighted by Gasteiger charge is -2.06. The molecule has 0 radical (unpaired) electrons. The van der Waals surface area contributed by atoms with E-state index in [0.717, 1.165) is 44.5 Å². The summed E-state index contributed by atoms with van der Waals surface area (Å²) in [6, 6.07) is 8.49. The first-order valence-electron chi connectivity index (χ1n) is 6.00. The third-order valence-electron chi connectivity index (χ3n) is 2.54. The second-order valence-corrected chi connectivity index (χ2v) is 3.95. The maximum Gasteiger partial charge on any atom is 0.0431 e. The van der Waals surface area contributed by atoms with Gasteiger partial charge in [-0.25, -0.2) is 0 Å². The van der Waals surface area contributed by atoms with Crippen LogP contribution in [0.25, 0.3) is 0 Å². The zero-order valence-corrected chi connectivity index (χ0v) is 9.78. The van der Waals surface area contributed by atoms with Gasteiger partial charge in [0.05, 0.1) is 0 Å². The number of benzene rings is 1. The van der Waals surface area contributed by atoms with Crippen molar-refractivity contribution in [1.82, 2.24) is 0 Å². The highest BCUT2D eigenvalue weighted by molar-refractivity contribution is 5.44. The number of unbranched alkanes of at least 4 members (excludes halogenated alkanes) is 1.